The molecule has 0 atom stereocenters. The number of nitrogens with zero attached hydrogens (tertiary/aromatic N) is 1. The van der Waals surface area contributed by atoms with E-state index in [-0.39, 0.29) is 29.0 Å². The van der Waals surface area contributed by atoms with Gasteiger partial charge in [0.15, 0.2) is 0 Å². The maximum Gasteiger partial charge on any atom is 0.525 e. The van der Waals surface area contributed by atoms with E-state index >= 15 is 0 Å². The molecule has 0 N–H and O–H groups in total. The van der Waals surface area contributed by atoms with Crippen LogP contribution in [0.2, 0.25) is 0 Å². The van der Waals surface area contributed by atoms with E-state index in [0.29, 0.717) is 5.39 Å². The molecule has 6 nitrogen and oxygen atoms in total. The van der Waals surface area contributed by atoms with Crippen molar-refractivity contribution in [3.05, 3.63) is 47.5 Å². The van der Waals surface area contributed by atoms with E-state index < -0.39 is 27.4 Å². The van der Waals surface area contributed by atoms with Gasteiger partial charge in [0, 0.05) is 5.39 Å². The Kier molecular flexibility index (Phi) is 4.15. The first-order valence-corrected chi connectivity index (χ1v) is 7.46. The molecule has 128 valence electrons. The van der Waals surface area contributed by atoms with Crippen molar-refractivity contribution < 1.29 is 35.5 Å². The summed E-state index contributed by atoms with van der Waals surface area (Å²) in [5.41, 5.74) is -6.03. The highest BCUT2D eigenvalue weighted by atomic mass is 32.2. The van der Waals surface area contributed by atoms with Crippen LogP contribution in [0, 0.1) is 0 Å². The lowest BCUT2D eigenvalue weighted by atomic mass is 9.95. The zero-order valence-electron chi connectivity index (χ0n) is 11.0. The van der Waals surface area contributed by atoms with Crippen molar-refractivity contribution in [1.29, 1.82) is 0 Å². The van der Waals surface area contributed by atoms with Crippen LogP contribution in [0.15, 0.2) is 36.4 Å². The standard InChI is InChI=1S/C13H6F3NO5S.CH4/c14-13(15,16)23(20,21)22-17-11(18)8-5-1-3-7-4-2-6-9(10(7)8)12(17)19;/h1-6H;1H4. The third kappa shape index (κ3) is 2.53. The lowest BCUT2D eigenvalue weighted by Gasteiger charge is -2.25. The highest BCUT2D eigenvalue weighted by Gasteiger charge is 2.51. The van der Waals surface area contributed by atoms with Crippen LogP contribution in [0.3, 0.4) is 0 Å². The van der Waals surface area contributed by atoms with E-state index in [1.165, 1.54) is 24.3 Å². The van der Waals surface area contributed by atoms with Crippen LogP contribution in [-0.2, 0) is 14.4 Å². The fourth-order valence-electron chi connectivity index (χ4n) is 2.22. The van der Waals surface area contributed by atoms with Gasteiger partial charge in [-0.05, 0) is 17.5 Å². The molecule has 2 aromatic carbocycles. The number of benzene rings is 2. The lowest BCUT2D eigenvalue weighted by Crippen LogP contribution is -2.44. The number of hydrogen-bond acceptors (Lipinski definition) is 5. The summed E-state index contributed by atoms with van der Waals surface area (Å²) in [6.07, 6.45) is 0. The van der Waals surface area contributed by atoms with Crippen LogP contribution in [-0.4, -0.2) is 30.8 Å². The average Bonchev–Trinajstić information content (AvgIpc) is 2.48. The minimum absolute atomic E-state index is 0. The zero-order chi connectivity index (χ0) is 17.0. The summed E-state index contributed by atoms with van der Waals surface area (Å²) in [6, 6.07) is 8.63. The molecular weight excluding hydrogens is 351 g/mol. The molecule has 0 saturated carbocycles. The summed E-state index contributed by atoms with van der Waals surface area (Å²) in [5.74, 6) is -2.57. The summed E-state index contributed by atoms with van der Waals surface area (Å²) in [7, 11) is -6.15. The fourth-order valence-corrected chi connectivity index (χ4v) is 2.63. The molecule has 0 saturated heterocycles. The molecule has 0 spiro atoms. The largest absolute Gasteiger partial charge is 0.525 e. The predicted octanol–water partition coefficient (Wildman–Crippen LogP) is 2.85. The fraction of sp³-hybridized carbons (Fsp3) is 0.143. The highest BCUT2D eigenvalue weighted by molar-refractivity contribution is 7.87. The smallest absolute Gasteiger partial charge is 0.266 e. The molecule has 0 fully saturated rings. The number of carbonyl (C=O) groups excluding carboxylic acids is 2. The van der Waals surface area contributed by atoms with Crippen LogP contribution in [0.4, 0.5) is 13.2 Å². The van der Waals surface area contributed by atoms with Gasteiger partial charge < -0.3 is 0 Å². The van der Waals surface area contributed by atoms with Gasteiger partial charge in [-0.3, -0.25) is 9.59 Å². The molecule has 0 radical (unpaired) electrons. The number of amides is 2. The van der Waals surface area contributed by atoms with Crippen molar-refractivity contribution in [3.63, 3.8) is 0 Å². The van der Waals surface area contributed by atoms with Gasteiger partial charge in [0.25, 0.3) is 11.8 Å². The van der Waals surface area contributed by atoms with Crippen LogP contribution in [0.1, 0.15) is 28.1 Å². The molecule has 10 heteroatoms. The normalized spacial score (nSPS) is 14.7. The van der Waals surface area contributed by atoms with E-state index in [2.05, 4.69) is 4.28 Å². The Labute approximate surface area is 134 Å². The minimum Gasteiger partial charge on any atom is -0.266 e. The van der Waals surface area contributed by atoms with Crippen LogP contribution in [0.25, 0.3) is 10.8 Å². The molecule has 1 aliphatic heterocycles. The number of rotatable bonds is 2. The molecule has 0 bridgehead atoms. The van der Waals surface area contributed by atoms with Crippen molar-refractivity contribution in [3.8, 4) is 0 Å². The molecular formula is C14H10F3NO5S. The quantitative estimate of drug-likeness (QED) is 0.607. The molecule has 2 amide bonds. The maximum atomic E-state index is 12.4. The molecule has 1 aliphatic rings. The molecule has 2 aromatic rings. The molecule has 0 unspecified atom stereocenters. The highest BCUT2D eigenvalue weighted by Crippen LogP contribution is 2.32. The Bertz CT molecular complexity index is 902. The Morgan fingerprint density at radius 3 is 1.79 bits per heavy atom. The van der Waals surface area contributed by atoms with Crippen molar-refractivity contribution in [2.45, 2.75) is 12.9 Å². The number of hydroxylamine groups is 2. The second-order valence-corrected chi connectivity index (χ2v) is 6.11. The summed E-state index contributed by atoms with van der Waals surface area (Å²) in [6.45, 7) is 0. The van der Waals surface area contributed by atoms with Gasteiger partial charge >= 0.3 is 15.6 Å². The Balaban J connectivity index is 0.00000208. The van der Waals surface area contributed by atoms with Crippen LogP contribution >= 0.6 is 0 Å². The number of imide groups is 1. The van der Waals surface area contributed by atoms with E-state index in [0.717, 1.165) is 0 Å². The van der Waals surface area contributed by atoms with Crippen molar-refractivity contribution >= 4 is 32.7 Å². The van der Waals surface area contributed by atoms with Gasteiger partial charge in [-0.15, -0.1) is 9.35 Å². The lowest BCUT2D eigenvalue weighted by molar-refractivity contribution is -0.0761. The Morgan fingerprint density at radius 1 is 0.917 bits per heavy atom. The third-order valence-electron chi connectivity index (χ3n) is 3.19. The van der Waals surface area contributed by atoms with Gasteiger partial charge in [-0.1, -0.05) is 31.7 Å². The summed E-state index contributed by atoms with van der Waals surface area (Å²) >= 11 is 0. The third-order valence-corrected chi connectivity index (χ3v) is 4.10. The Hall–Kier alpha value is -2.46. The first-order chi connectivity index (χ1) is 10.6. The van der Waals surface area contributed by atoms with Crippen molar-refractivity contribution in [2.75, 3.05) is 0 Å². The van der Waals surface area contributed by atoms with Crippen LogP contribution < -0.4 is 0 Å². The van der Waals surface area contributed by atoms with Gasteiger partial charge in [0.1, 0.15) is 0 Å². The second-order valence-electron chi connectivity index (χ2n) is 4.59. The number of alkyl halides is 3. The first kappa shape index (κ1) is 17.9. The minimum atomic E-state index is -6.15. The SMILES string of the molecule is C.O=C1c2cccc3cccc(c23)C(=O)N1OS(=O)(=O)C(F)(F)F. The molecule has 3 rings (SSSR count). The summed E-state index contributed by atoms with van der Waals surface area (Å²) in [5, 5.41) is 0.356. The summed E-state index contributed by atoms with van der Waals surface area (Å²) in [4.78, 5) is 24.3. The zero-order valence-corrected chi connectivity index (χ0v) is 11.8. The van der Waals surface area contributed by atoms with Gasteiger partial charge in [-0.25, -0.2) is 0 Å². The number of hydrogen-bond donors (Lipinski definition) is 0. The summed E-state index contributed by atoms with van der Waals surface area (Å²) < 4.78 is 63.1. The molecule has 1 heterocycles. The van der Waals surface area contributed by atoms with Crippen molar-refractivity contribution in [1.82, 2.24) is 5.06 Å². The Morgan fingerprint density at radius 2 is 1.38 bits per heavy atom. The van der Waals surface area contributed by atoms with E-state index in [1.54, 1.807) is 12.1 Å². The van der Waals surface area contributed by atoms with Gasteiger partial charge in [-0.2, -0.15) is 21.6 Å². The maximum absolute atomic E-state index is 12.4. The average molecular weight is 361 g/mol. The van der Waals surface area contributed by atoms with E-state index in [9.17, 15) is 31.2 Å². The first-order valence-electron chi connectivity index (χ1n) is 6.05. The molecule has 0 aliphatic carbocycles. The number of halogens is 3. The topological polar surface area (TPSA) is 80.8 Å². The second kappa shape index (κ2) is 5.56. The van der Waals surface area contributed by atoms with E-state index in [4.69, 9.17) is 0 Å². The number of carbonyl (C=O) groups is 2. The molecule has 0 aromatic heterocycles. The van der Waals surface area contributed by atoms with E-state index in [1.807, 2.05) is 0 Å². The van der Waals surface area contributed by atoms with Crippen molar-refractivity contribution in [2.24, 2.45) is 0 Å². The monoisotopic (exact) mass is 361 g/mol. The van der Waals surface area contributed by atoms with Crippen LogP contribution in [0.5, 0.6) is 0 Å². The van der Waals surface area contributed by atoms with Gasteiger partial charge in [0.05, 0.1) is 11.1 Å². The molecule has 24 heavy (non-hydrogen) atoms. The predicted molar refractivity (Wildman–Crippen MR) is 77.2 cm³/mol. The van der Waals surface area contributed by atoms with Gasteiger partial charge in [0.2, 0.25) is 0 Å².